The summed E-state index contributed by atoms with van der Waals surface area (Å²) in [6.45, 7) is -1.24. The first-order valence-electron chi connectivity index (χ1n) is 6.72. The van der Waals surface area contributed by atoms with Gasteiger partial charge in [-0.05, 0) is 12.5 Å². The van der Waals surface area contributed by atoms with Crippen molar-refractivity contribution in [2.75, 3.05) is 18.5 Å². The van der Waals surface area contributed by atoms with Crippen molar-refractivity contribution in [1.82, 2.24) is 9.97 Å². The number of aromatic nitrogens is 2. The molecule has 0 radical (unpaired) electrons. The van der Waals surface area contributed by atoms with Gasteiger partial charge in [-0.2, -0.15) is 13.8 Å². The van der Waals surface area contributed by atoms with E-state index in [1.165, 1.54) is 12.3 Å². The van der Waals surface area contributed by atoms with E-state index in [9.17, 15) is 17.6 Å². The summed E-state index contributed by atoms with van der Waals surface area (Å²) in [6, 6.07) is 1.34. The summed E-state index contributed by atoms with van der Waals surface area (Å²) in [5.74, 6) is -4.65. The highest BCUT2D eigenvalue weighted by molar-refractivity contribution is 5.91. The Balaban J connectivity index is 2.55. The van der Waals surface area contributed by atoms with Crippen molar-refractivity contribution in [2.45, 2.75) is 25.2 Å². The van der Waals surface area contributed by atoms with Crippen LogP contribution in [0.5, 0.6) is 6.01 Å². The van der Waals surface area contributed by atoms with E-state index in [1.807, 2.05) is 0 Å². The second-order valence-corrected chi connectivity index (χ2v) is 4.59. The van der Waals surface area contributed by atoms with Gasteiger partial charge in [0.05, 0.1) is 12.4 Å². The molecule has 1 aromatic rings. The van der Waals surface area contributed by atoms with Gasteiger partial charge in [0.1, 0.15) is 12.4 Å². The second-order valence-electron chi connectivity index (χ2n) is 4.59. The summed E-state index contributed by atoms with van der Waals surface area (Å²) in [6.07, 6.45) is -1.67. The lowest BCUT2D eigenvalue weighted by atomic mass is 10.3. The average Bonchev–Trinajstić information content (AvgIpc) is 2.50. The SMILES string of the molecule is N=C(N)CCCOc1nccc(NC(N)=NCC(F)(F)C(F)F)n1. The molecule has 1 heterocycles. The van der Waals surface area contributed by atoms with Crippen molar-refractivity contribution in [2.24, 2.45) is 16.5 Å². The fourth-order valence-electron chi connectivity index (χ4n) is 1.34. The summed E-state index contributed by atoms with van der Waals surface area (Å²) in [5.41, 5.74) is 10.5. The Morgan fingerprint density at radius 3 is 2.75 bits per heavy atom. The van der Waals surface area contributed by atoms with Crippen molar-refractivity contribution in [1.29, 1.82) is 5.41 Å². The molecule has 0 saturated heterocycles. The molecule has 0 amide bonds. The molecule has 24 heavy (non-hydrogen) atoms. The molecule has 1 aromatic heterocycles. The summed E-state index contributed by atoms with van der Waals surface area (Å²) in [4.78, 5) is 10.8. The Labute approximate surface area is 134 Å². The zero-order chi connectivity index (χ0) is 18.2. The van der Waals surface area contributed by atoms with Crippen LogP contribution in [0.4, 0.5) is 23.4 Å². The predicted octanol–water partition coefficient (Wildman–Crippen LogP) is 1.20. The van der Waals surface area contributed by atoms with E-state index in [-0.39, 0.29) is 24.3 Å². The van der Waals surface area contributed by atoms with Crippen LogP contribution >= 0.6 is 0 Å². The Morgan fingerprint density at radius 1 is 1.42 bits per heavy atom. The molecule has 12 heteroatoms. The molecule has 0 saturated carbocycles. The fraction of sp³-hybridized carbons (Fsp3) is 0.500. The number of anilines is 1. The number of halogens is 4. The Bertz CT molecular complexity index is 582. The number of nitrogens with zero attached hydrogens (tertiary/aromatic N) is 3. The lowest BCUT2D eigenvalue weighted by molar-refractivity contribution is -0.119. The molecule has 0 aliphatic heterocycles. The molecule has 0 aromatic carbocycles. The van der Waals surface area contributed by atoms with Crippen LogP contribution in [-0.2, 0) is 0 Å². The topological polar surface area (TPSA) is 135 Å². The summed E-state index contributed by atoms with van der Waals surface area (Å²) in [7, 11) is 0. The van der Waals surface area contributed by atoms with Gasteiger partial charge in [-0.25, -0.2) is 18.8 Å². The second kappa shape index (κ2) is 8.84. The van der Waals surface area contributed by atoms with Gasteiger partial charge < -0.3 is 21.5 Å². The Kier molecular flexibility index (Phi) is 7.14. The molecule has 0 aliphatic rings. The third kappa shape index (κ3) is 7.07. The van der Waals surface area contributed by atoms with E-state index in [1.54, 1.807) is 0 Å². The summed E-state index contributed by atoms with van der Waals surface area (Å²) in [5, 5.41) is 9.42. The van der Waals surface area contributed by atoms with Gasteiger partial charge >= 0.3 is 18.4 Å². The molecule has 0 bridgehead atoms. The largest absolute Gasteiger partial charge is 0.463 e. The molecule has 0 unspecified atom stereocenters. The minimum Gasteiger partial charge on any atom is -0.463 e. The monoisotopic (exact) mass is 351 g/mol. The standard InChI is InChI=1S/C12H17F4N7O/c13-9(14)12(15,16)6-21-10(19)22-8-3-4-20-11(23-8)24-5-1-2-7(17)18/h3-4,9H,1-2,5-6H2,(H3,17,18)(H3,19,20,21,22,23). The van der Waals surface area contributed by atoms with E-state index in [2.05, 4.69) is 20.3 Å². The molecule has 1 rings (SSSR count). The van der Waals surface area contributed by atoms with Gasteiger partial charge in [0.2, 0.25) is 0 Å². The van der Waals surface area contributed by atoms with E-state index in [4.69, 9.17) is 21.6 Å². The van der Waals surface area contributed by atoms with Crippen LogP contribution in [0.25, 0.3) is 0 Å². The van der Waals surface area contributed by atoms with Crippen molar-refractivity contribution in [3.05, 3.63) is 12.3 Å². The minimum absolute atomic E-state index is 0.0192. The fourth-order valence-corrected chi connectivity index (χ4v) is 1.34. The number of aliphatic imine (C=N–C) groups is 1. The third-order valence-electron chi connectivity index (χ3n) is 2.49. The van der Waals surface area contributed by atoms with Gasteiger partial charge in [-0.3, -0.25) is 5.41 Å². The first-order chi connectivity index (χ1) is 11.2. The first kappa shape index (κ1) is 19.4. The van der Waals surface area contributed by atoms with E-state index >= 15 is 0 Å². The number of amidine groups is 1. The molecular weight excluding hydrogens is 334 g/mol. The van der Waals surface area contributed by atoms with Crippen LogP contribution in [0, 0.1) is 5.41 Å². The molecule has 8 nitrogen and oxygen atoms in total. The van der Waals surface area contributed by atoms with Crippen molar-refractivity contribution >= 4 is 17.6 Å². The zero-order valence-corrected chi connectivity index (χ0v) is 12.5. The number of nitrogens with one attached hydrogen (secondary N) is 2. The van der Waals surface area contributed by atoms with E-state index < -0.39 is 24.9 Å². The van der Waals surface area contributed by atoms with Crippen LogP contribution in [0.15, 0.2) is 17.3 Å². The number of guanidine groups is 1. The molecule has 0 fully saturated rings. The maximum Gasteiger partial charge on any atom is 0.326 e. The highest BCUT2D eigenvalue weighted by Gasteiger charge is 2.40. The van der Waals surface area contributed by atoms with Crippen molar-refractivity contribution in [3.63, 3.8) is 0 Å². The molecule has 6 N–H and O–H groups in total. The third-order valence-corrected chi connectivity index (χ3v) is 2.49. The normalized spacial score (nSPS) is 12.3. The Morgan fingerprint density at radius 2 is 2.12 bits per heavy atom. The molecule has 0 aliphatic carbocycles. The minimum atomic E-state index is -4.26. The lowest BCUT2D eigenvalue weighted by Crippen LogP contribution is -2.33. The Hall–Kier alpha value is -2.66. The lowest BCUT2D eigenvalue weighted by Gasteiger charge is -2.13. The highest BCUT2D eigenvalue weighted by atomic mass is 19.3. The average molecular weight is 351 g/mol. The van der Waals surface area contributed by atoms with E-state index in [0.29, 0.717) is 12.8 Å². The quantitative estimate of drug-likeness (QED) is 0.228. The number of nitrogens with two attached hydrogens (primary N) is 2. The summed E-state index contributed by atoms with van der Waals surface area (Å²) < 4.78 is 54.7. The highest BCUT2D eigenvalue weighted by Crippen LogP contribution is 2.22. The van der Waals surface area contributed by atoms with Crippen LogP contribution in [0.3, 0.4) is 0 Å². The van der Waals surface area contributed by atoms with Gasteiger partial charge in [0.25, 0.3) is 0 Å². The van der Waals surface area contributed by atoms with Gasteiger partial charge in [0, 0.05) is 12.6 Å². The van der Waals surface area contributed by atoms with E-state index in [0.717, 1.165) is 0 Å². The molecule has 0 atom stereocenters. The first-order valence-corrected chi connectivity index (χ1v) is 6.72. The van der Waals surface area contributed by atoms with Gasteiger partial charge in [-0.15, -0.1) is 0 Å². The molecular formula is C12H17F4N7O. The van der Waals surface area contributed by atoms with Crippen LogP contribution < -0.4 is 21.5 Å². The van der Waals surface area contributed by atoms with Crippen LogP contribution in [0.1, 0.15) is 12.8 Å². The number of ether oxygens (including phenoxy) is 1. The maximum atomic E-state index is 12.7. The van der Waals surface area contributed by atoms with Gasteiger partial charge in [-0.1, -0.05) is 0 Å². The van der Waals surface area contributed by atoms with Crippen LogP contribution in [0.2, 0.25) is 0 Å². The molecule has 134 valence electrons. The summed E-state index contributed by atoms with van der Waals surface area (Å²) >= 11 is 0. The number of alkyl halides is 4. The zero-order valence-electron chi connectivity index (χ0n) is 12.5. The number of hydrogen-bond acceptors (Lipinski definition) is 5. The van der Waals surface area contributed by atoms with Crippen molar-refractivity contribution in [3.8, 4) is 6.01 Å². The van der Waals surface area contributed by atoms with Gasteiger partial charge in [0.15, 0.2) is 5.96 Å². The maximum absolute atomic E-state index is 12.7. The molecule has 0 spiro atoms. The number of rotatable bonds is 9. The van der Waals surface area contributed by atoms with Crippen LogP contribution in [-0.4, -0.2) is 47.3 Å². The smallest absolute Gasteiger partial charge is 0.326 e. The van der Waals surface area contributed by atoms with Crippen molar-refractivity contribution < 1.29 is 22.3 Å². The number of hydrogen-bond donors (Lipinski definition) is 4. The predicted molar refractivity (Wildman–Crippen MR) is 79.7 cm³/mol.